The SMILES string of the molecule is CNCCCC(=O)N1CCC[C@]2(C1)O[C@]2(CCCNC(=O)OC)c1cccc(Cl)c1-c1ccc(C)o1. The fraction of sp³-hybridized carbons (Fsp3) is 0.556. The van der Waals surface area contributed by atoms with Crippen molar-refractivity contribution in [2.24, 2.45) is 0 Å². The summed E-state index contributed by atoms with van der Waals surface area (Å²) in [6.07, 6.45) is 3.92. The maximum atomic E-state index is 13.0. The molecule has 1 spiro atoms. The third kappa shape index (κ3) is 5.26. The smallest absolute Gasteiger partial charge is 0.406 e. The van der Waals surface area contributed by atoms with Crippen molar-refractivity contribution in [1.82, 2.24) is 15.5 Å². The van der Waals surface area contributed by atoms with Gasteiger partial charge in [-0.05, 0) is 76.4 Å². The van der Waals surface area contributed by atoms with Crippen LogP contribution in [0.2, 0.25) is 5.02 Å². The summed E-state index contributed by atoms with van der Waals surface area (Å²) >= 11 is 6.75. The predicted octanol–water partition coefficient (Wildman–Crippen LogP) is 4.63. The van der Waals surface area contributed by atoms with E-state index in [1.807, 2.05) is 43.1 Å². The highest BCUT2D eigenvalue weighted by Crippen LogP contribution is 2.64. The highest BCUT2D eigenvalue weighted by Gasteiger charge is 2.71. The second-order valence-corrected chi connectivity index (χ2v) is 10.1. The Morgan fingerprint density at radius 3 is 2.75 bits per heavy atom. The number of hydrogen-bond donors (Lipinski definition) is 2. The van der Waals surface area contributed by atoms with Crippen LogP contribution in [0, 0.1) is 6.92 Å². The van der Waals surface area contributed by atoms with Gasteiger partial charge in [0, 0.05) is 25.1 Å². The number of ether oxygens (including phenoxy) is 2. The molecule has 2 aromatic rings. The van der Waals surface area contributed by atoms with E-state index in [1.54, 1.807) is 0 Å². The summed E-state index contributed by atoms with van der Waals surface area (Å²) in [7, 11) is 3.24. The number of hydrogen-bond acceptors (Lipinski definition) is 6. The van der Waals surface area contributed by atoms with E-state index in [-0.39, 0.29) is 5.91 Å². The number of alkyl carbamates (subject to hydrolysis) is 1. The maximum Gasteiger partial charge on any atom is 0.406 e. The summed E-state index contributed by atoms with van der Waals surface area (Å²) in [6.45, 7) is 4.45. The highest BCUT2D eigenvalue weighted by atomic mass is 35.5. The Hall–Kier alpha value is -2.55. The third-order valence-corrected chi connectivity index (χ3v) is 7.60. The van der Waals surface area contributed by atoms with Crippen molar-refractivity contribution in [3.8, 4) is 11.3 Å². The molecule has 0 aliphatic carbocycles. The molecule has 9 heteroatoms. The number of likely N-dealkylation sites (tertiary alicyclic amines) is 1. The van der Waals surface area contributed by atoms with Crippen molar-refractivity contribution in [1.29, 1.82) is 0 Å². The summed E-state index contributed by atoms with van der Waals surface area (Å²) in [5, 5.41) is 6.46. The second-order valence-electron chi connectivity index (χ2n) is 9.64. The van der Waals surface area contributed by atoms with Crippen LogP contribution in [0.4, 0.5) is 4.79 Å². The van der Waals surface area contributed by atoms with E-state index in [2.05, 4.69) is 16.7 Å². The molecular weight excluding hydrogens is 482 g/mol. The van der Waals surface area contributed by atoms with Gasteiger partial charge in [0.25, 0.3) is 0 Å². The van der Waals surface area contributed by atoms with Gasteiger partial charge in [0.05, 0.1) is 18.7 Å². The first-order valence-corrected chi connectivity index (χ1v) is 13.0. The summed E-state index contributed by atoms with van der Waals surface area (Å²) in [5.41, 5.74) is 0.640. The van der Waals surface area contributed by atoms with Crippen molar-refractivity contribution in [2.45, 2.75) is 56.7 Å². The Morgan fingerprint density at radius 1 is 1.19 bits per heavy atom. The third-order valence-electron chi connectivity index (χ3n) is 7.28. The molecule has 2 N–H and O–H groups in total. The van der Waals surface area contributed by atoms with E-state index >= 15 is 0 Å². The Morgan fingerprint density at radius 2 is 2.03 bits per heavy atom. The molecule has 2 aliphatic heterocycles. The number of nitrogens with one attached hydrogen (secondary N) is 2. The largest absolute Gasteiger partial charge is 0.461 e. The molecule has 2 amide bonds. The Kier molecular flexibility index (Phi) is 8.27. The zero-order chi connectivity index (χ0) is 25.8. The first-order chi connectivity index (χ1) is 17.4. The lowest BCUT2D eigenvalue weighted by Gasteiger charge is -2.34. The molecule has 1 aromatic heterocycles. The minimum Gasteiger partial charge on any atom is -0.461 e. The predicted molar refractivity (Wildman–Crippen MR) is 138 cm³/mol. The zero-order valence-electron chi connectivity index (χ0n) is 21.3. The monoisotopic (exact) mass is 517 g/mol. The minimum atomic E-state index is -0.643. The van der Waals surface area contributed by atoms with Crippen LogP contribution in [-0.2, 0) is 19.9 Å². The minimum absolute atomic E-state index is 0.161. The average Bonchev–Trinajstić information content (AvgIpc) is 3.25. The van der Waals surface area contributed by atoms with Crippen molar-refractivity contribution < 1.29 is 23.5 Å². The molecule has 36 heavy (non-hydrogen) atoms. The maximum absolute atomic E-state index is 13.0. The number of furan rings is 1. The molecule has 2 fully saturated rings. The van der Waals surface area contributed by atoms with Crippen LogP contribution in [0.1, 0.15) is 49.8 Å². The first-order valence-electron chi connectivity index (χ1n) is 12.7. The first kappa shape index (κ1) is 26.5. The van der Waals surface area contributed by atoms with Gasteiger partial charge in [0.2, 0.25) is 5.91 Å². The van der Waals surface area contributed by atoms with Gasteiger partial charge in [-0.25, -0.2) is 4.79 Å². The molecule has 1 aromatic carbocycles. The van der Waals surface area contributed by atoms with Gasteiger partial charge in [-0.1, -0.05) is 23.7 Å². The topological polar surface area (TPSA) is 96.3 Å². The van der Waals surface area contributed by atoms with Crippen LogP contribution < -0.4 is 10.6 Å². The fourth-order valence-corrected chi connectivity index (χ4v) is 5.79. The van der Waals surface area contributed by atoms with E-state index in [0.717, 1.165) is 49.2 Å². The highest BCUT2D eigenvalue weighted by molar-refractivity contribution is 6.33. The number of halogens is 1. The van der Waals surface area contributed by atoms with Crippen LogP contribution >= 0.6 is 11.6 Å². The molecule has 3 heterocycles. The quantitative estimate of drug-likeness (QED) is 0.352. The van der Waals surface area contributed by atoms with Crippen molar-refractivity contribution >= 4 is 23.6 Å². The van der Waals surface area contributed by atoms with Crippen LogP contribution in [0.3, 0.4) is 0 Å². The molecule has 196 valence electrons. The number of benzene rings is 1. The van der Waals surface area contributed by atoms with Crippen LogP contribution in [0.15, 0.2) is 34.7 Å². The van der Waals surface area contributed by atoms with Gasteiger partial charge in [-0.3, -0.25) is 4.79 Å². The molecule has 0 saturated carbocycles. The number of aryl methyl sites for hydroxylation is 1. The number of carbonyl (C=O) groups is 2. The average molecular weight is 518 g/mol. The summed E-state index contributed by atoms with van der Waals surface area (Å²) in [5.74, 6) is 1.66. The number of epoxide rings is 1. The van der Waals surface area contributed by atoms with Gasteiger partial charge in [-0.15, -0.1) is 0 Å². The molecule has 0 radical (unpaired) electrons. The molecular formula is C27H36ClN3O5. The van der Waals surface area contributed by atoms with E-state index in [1.165, 1.54) is 7.11 Å². The lowest BCUT2D eigenvalue weighted by atomic mass is 9.76. The normalized spacial score (nSPS) is 23.1. The summed E-state index contributed by atoms with van der Waals surface area (Å²) in [6, 6.07) is 9.70. The van der Waals surface area contributed by atoms with Gasteiger partial charge in [0.1, 0.15) is 22.7 Å². The number of methoxy groups -OCH3 is 1. The van der Waals surface area contributed by atoms with E-state index < -0.39 is 17.3 Å². The molecule has 2 atom stereocenters. The summed E-state index contributed by atoms with van der Waals surface area (Å²) < 4.78 is 17.4. The van der Waals surface area contributed by atoms with Crippen molar-refractivity contribution in [3.63, 3.8) is 0 Å². The Labute approximate surface area is 217 Å². The number of carbonyl (C=O) groups excluding carboxylic acids is 2. The Balaban J connectivity index is 1.64. The molecule has 4 rings (SSSR count). The lowest BCUT2D eigenvalue weighted by Crippen LogP contribution is -2.47. The van der Waals surface area contributed by atoms with Crippen LogP contribution in [0.5, 0.6) is 0 Å². The van der Waals surface area contributed by atoms with Gasteiger partial charge >= 0.3 is 6.09 Å². The summed E-state index contributed by atoms with van der Waals surface area (Å²) in [4.78, 5) is 26.5. The van der Waals surface area contributed by atoms with Gasteiger partial charge in [0.15, 0.2) is 0 Å². The number of amides is 2. The standard InChI is InChI=1S/C27H36ClN3O5/c1-19-11-12-22(35-19)24-20(8-4-9-21(24)28)27(14-6-16-30-25(33)34-3)26(36-27)13-7-17-31(18-26)23(32)10-5-15-29-2/h4,8-9,11-12,29H,5-7,10,13-18H2,1-3H3,(H,30,33)/t26-,27-/m1/s1. The van der Waals surface area contributed by atoms with E-state index in [0.29, 0.717) is 43.1 Å². The van der Waals surface area contributed by atoms with E-state index in [4.69, 9.17) is 25.5 Å². The molecule has 0 unspecified atom stereocenters. The zero-order valence-corrected chi connectivity index (χ0v) is 22.1. The lowest BCUT2D eigenvalue weighted by molar-refractivity contribution is -0.133. The number of nitrogens with zero attached hydrogens (tertiary/aromatic N) is 1. The van der Waals surface area contributed by atoms with Crippen LogP contribution in [-0.4, -0.2) is 62.8 Å². The van der Waals surface area contributed by atoms with Crippen molar-refractivity contribution in [3.05, 3.63) is 46.7 Å². The van der Waals surface area contributed by atoms with E-state index in [9.17, 15) is 9.59 Å². The van der Waals surface area contributed by atoms with Crippen LogP contribution in [0.25, 0.3) is 11.3 Å². The number of piperidine rings is 1. The molecule has 8 nitrogen and oxygen atoms in total. The molecule has 2 saturated heterocycles. The Bertz CT molecular complexity index is 1090. The molecule has 2 aliphatic rings. The van der Waals surface area contributed by atoms with Crippen molar-refractivity contribution in [2.75, 3.05) is 40.3 Å². The van der Waals surface area contributed by atoms with Gasteiger partial charge < -0.3 is 29.4 Å². The fourth-order valence-electron chi connectivity index (χ4n) is 5.52. The second kappa shape index (κ2) is 11.2. The molecule has 0 bridgehead atoms. The number of rotatable bonds is 10. The van der Waals surface area contributed by atoms with Gasteiger partial charge in [-0.2, -0.15) is 0 Å².